The quantitative estimate of drug-likeness (QED) is 0.697. The van der Waals surface area contributed by atoms with E-state index in [0.29, 0.717) is 11.6 Å². The maximum atomic E-state index is 11.9. The molecule has 6 heteroatoms. The first-order chi connectivity index (χ1) is 13.2. The molecule has 4 rings (SSSR count). The summed E-state index contributed by atoms with van der Waals surface area (Å²) in [6.07, 6.45) is 2.21. The summed E-state index contributed by atoms with van der Waals surface area (Å²) in [5.74, 6) is 1.39. The lowest BCUT2D eigenvalue weighted by Crippen LogP contribution is -2.28. The van der Waals surface area contributed by atoms with Gasteiger partial charge in [0.2, 0.25) is 0 Å². The molecule has 2 aromatic carbocycles. The van der Waals surface area contributed by atoms with Crippen molar-refractivity contribution in [2.24, 2.45) is 5.73 Å². The van der Waals surface area contributed by atoms with Crippen LogP contribution in [0, 0.1) is 0 Å². The molecule has 0 radical (unpaired) electrons. The first-order valence-electron chi connectivity index (χ1n) is 9.05. The van der Waals surface area contributed by atoms with Gasteiger partial charge in [-0.3, -0.25) is 4.79 Å². The first kappa shape index (κ1) is 17.7. The van der Waals surface area contributed by atoms with E-state index in [1.54, 1.807) is 11.3 Å². The van der Waals surface area contributed by atoms with Crippen LogP contribution >= 0.6 is 11.3 Å². The van der Waals surface area contributed by atoms with Crippen LogP contribution < -0.4 is 15.8 Å². The van der Waals surface area contributed by atoms with Crippen molar-refractivity contribution in [2.45, 2.75) is 18.8 Å². The second kappa shape index (κ2) is 7.90. The van der Waals surface area contributed by atoms with Crippen molar-refractivity contribution in [1.29, 1.82) is 0 Å². The number of aromatic nitrogens is 1. The van der Waals surface area contributed by atoms with Crippen LogP contribution in [0.1, 0.15) is 34.3 Å². The van der Waals surface area contributed by atoms with Crippen LogP contribution in [0.5, 0.6) is 11.5 Å². The lowest BCUT2D eigenvalue weighted by molar-refractivity contribution is 0.0996. The molecule has 1 fully saturated rings. The van der Waals surface area contributed by atoms with Gasteiger partial charge in [-0.15, -0.1) is 11.3 Å². The largest absolute Gasteiger partial charge is 0.457 e. The summed E-state index contributed by atoms with van der Waals surface area (Å²) in [5.41, 5.74) is 6.88. The molecule has 5 nitrogen and oxygen atoms in total. The normalized spacial score (nSPS) is 16.8. The number of primary amides is 1. The number of benzene rings is 2. The number of carbonyl (C=O) groups is 1. The Balaban J connectivity index is 1.60. The lowest BCUT2D eigenvalue weighted by Gasteiger charge is -2.20. The van der Waals surface area contributed by atoms with Crippen molar-refractivity contribution < 1.29 is 9.53 Å². The van der Waals surface area contributed by atoms with Crippen LogP contribution in [-0.4, -0.2) is 24.0 Å². The number of nitrogens with zero attached hydrogens (tertiary/aromatic N) is 1. The van der Waals surface area contributed by atoms with Crippen LogP contribution in [0.15, 0.2) is 54.6 Å². The van der Waals surface area contributed by atoms with Crippen LogP contribution in [-0.2, 0) is 0 Å². The molecule has 1 aliphatic rings. The molecule has 1 amide bonds. The fourth-order valence-electron chi connectivity index (χ4n) is 3.24. The SMILES string of the molecule is NC(=O)c1nc(C2CCCNC2)sc1-c1ccc(Oc2ccccc2)cc1. The molecular weight excluding hydrogens is 358 g/mol. The predicted octanol–water partition coefficient (Wildman–Crippen LogP) is 4.17. The van der Waals surface area contributed by atoms with E-state index in [9.17, 15) is 4.79 Å². The Labute approximate surface area is 162 Å². The molecule has 1 unspecified atom stereocenters. The minimum atomic E-state index is -0.485. The van der Waals surface area contributed by atoms with Gasteiger partial charge in [-0.1, -0.05) is 18.2 Å². The number of nitrogens with two attached hydrogens (primary N) is 1. The molecule has 0 saturated carbocycles. The monoisotopic (exact) mass is 379 g/mol. The van der Waals surface area contributed by atoms with Crippen molar-refractivity contribution in [3.8, 4) is 21.9 Å². The van der Waals surface area contributed by atoms with E-state index in [1.807, 2.05) is 54.6 Å². The summed E-state index contributed by atoms with van der Waals surface area (Å²) in [7, 11) is 0. The highest BCUT2D eigenvalue weighted by atomic mass is 32.1. The number of amides is 1. The van der Waals surface area contributed by atoms with E-state index in [0.717, 1.165) is 52.9 Å². The third-order valence-corrected chi connectivity index (χ3v) is 5.89. The van der Waals surface area contributed by atoms with E-state index in [4.69, 9.17) is 10.5 Å². The summed E-state index contributed by atoms with van der Waals surface area (Å²) >= 11 is 1.56. The summed E-state index contributed by atoms with van der Waals surface area (Å²) in [6.45, 7) is 1.94. The van der Waals surface area contributed by atoms with Gasteiger partial charge in [0.1, 0.15) is 17.2 Å². The van der Waals surface area contributed by atoms with Gasteiger partial charge in [0, 0.05) is 12.5 Å². The molecular formula is C21H21N3O2S. The number of carbonyl (C=O) groups excluding carboxylic acids is 1. The Morgan fingerprint density at radius 1 is 1.11 bits per heavy atom. The highest BCUT2D eigenvalue weighted by Crippen LogP contribution is 2.36. The molecule has 27 heavy (non-hydrogen) atoms. The molecule has 0 aliphatic carbocycles. The molecule has 1 aliphatic heterocycles. The van der Waals surface area contributed by atoms with Crippen molar-refractivity contribution in [1.82, 2.24) is 10.3 Å². The molecule has 2 heterocycles. The zero-order valence-electron chi connectivity index (χ0n) is 14.9. The molecule has 0 bridgehead atoms. The second-order valence-electron chi connectivity index (χ2n) is 6.58. The average Bonchev–Trinajstić information content (AvgIpc) is 3.16. The Hall–Kier alpha value is -2.70. The van der Waals surface area contributed by atoms with Crippen LogP contribution in [0.4, 0.5) is 0 Å². The van der Waals surface area contributed by atoms with Crippen LogP contribution in [0.25, 0.3) is 10.4 Å². The number of rotatable bonds is 5. The highest BCUT2D eigenvalue weighted by Gasteiger charge is 2.24. The van der Waals surface area contributed by atoms with Gasteiger partial charge < -0.3 is 15.8 Å². The maximum absolute atomic E-state index is 11.9. The number of hydrogen-bond donors (Lipinski definition) is 2. The molecule has 0 spiro atoms. The summed E-state index contributed by atoms with van der Waals surface area (Å²) in [6, 6.07) is 17.3. The van der Waals surface area contributed by atoms with Gasteiger partial charge in [0.05, 0.1) is 9.88 Å². The van der Waals surface area contributed by atoms with E-state index in [2.05, 4.69) is 10.3 Å². The van der Waals surface area contributed by atoms with Crippen LogP contribution in [0.3, 0.4) is 0 Å². The number of para-hydroxylation sites is 1. The fraction of sp³-hybridized carbons (Fsp3) is 0.238. The lowest BCUT2D eigenvalue weighted by atomic mass is 10.0. The number of piperidine rings is 1. The summed E-state index contributed by atoms with van der Waals surface area (Å²) in [4.78, 5) is 17.3. The number of ether oxygens (including phenoxy) is 1. The van der Waals surface area contributed by atoms with E-state index in [1.165, 1.54) is 0 Å². The van der Waals surface area contributed by atoms with E-state index >= 15 is 0 Å². The minimum Gasteiger partial charge on any atom is -0.457 e. The fourth-order valence-corrected chi connectivity index (χ4v) is 4.45. The molecule has 1 aromatic heterocycles. The van der Waals surface area contributed by atoms with Crippen molar-refractivity contribution >= 4 is 17.2 Å². The second-order valence-corrected chi connectivity index (χ2v) is 7.61. The van der Waals surface area contributed by atoms with Crippen molar-refractivity contribution in [3.05, 3.63) is 65.3 Å². The standard InChI is InChI=1S/C21H21N3O2S/c22-20(25)18-19(27-21(24-18)15-5-4-12-23-13-15)14-8-10-17(11-9-14)26-16-6-2-1-3-7-16/h1-3,6-11,15,23H,4-5,12-13H2,(H2,22,25). The van der Waals surface area contributed by atoms with Gasteiger partial charge in [-0.05, 0) is 61.3 Å². The van der Waals surface area contributed by atoms with Gasteiger partial charge in [-0.25, -0.2) is 4.98 Å². The third kappa shape index (κ3) is 4.02. The van der Waals surface area contributed by atoms with Gasteiger partial charge in [0.25, 0.3) is 5.91 Å². The smallest absolute Gasteiger partial charge is 0.268 e. The summed E-state index contributed by atoms with van der Waals surface area (Å²) in [5, 5.41) is 4.38. The Bertz CT molecular complexity index is 916. The zero-order chi connectivity index (χ0) is 18.6. The minimum absolute atomic E-state index is 0.344. The van der Waals surface area contributed by atoms with E-state index < -0.39 is 5.91 Å². The Kier molecular flexibility index (Phi) is 5.18. The average molecular weight is 379 g/mol. The third-order valence-electron chi connectivity index (χ3n) is 4.62. The van der Waals surface area contributed by atoms with E-state index in [-0.39, 0.29) is 0 Å². The topological polar surface area (TPSA) is 77.2 Å². The number of nitrogens with one attached hydrogen (secondary N) is 1. The zero-order valence-corrected chi connectivity index (χ0v) is 15.7. The molecule has 3 aromatic rings. The maximum Gasteiger partial charge on any atom is 0.268 e. The Morgan fingerprint density at radius 2 is 1.85 bits per heavy atom. The number of thiazole rings is 1. The highest BCUT2D eigenvalue weighted by molar-refractivity contribution is 7.15. The molecule has 138 valence electrons. The molecule has 1 saturated heterocycles. The first-order valence-corrected chi connectivity index (χ1v) is 9.87. The van der Waals surface area contributed by atoms with Crippen LogP contribution in [0.2, 0.25) is 0 Å². The summed E-state index contributed by atoms with van der Waals surface area (Å²) < 4.78 is 5.84. The Morgan fingerprint density at radius 3 is 2.52 bits per heavy atom. The molecule has 3 N–H and O–H groups in total. The number of hydrogen-bond acceptors (Lipinski definition) is 5. The van der Waals surface area contributed by atoms with Crippen molar-refractivity contribution in [3.63, 3.8) is 0 Å². The van der Waals surface area contributed by atoms with Crippen molar-refractivity contribution in [2.75, 3.05) is 13.1 Å². The van der Waals surface area contributed by atoms with Gasteiger partial charge in [-0.2, -0.15) is 0 Å². The van der Waals surface area contributed by atoms with Gasteiger partial charge >= 0.3 is 0 Å². The molecule has 1 atom stereocenters. The predicted molar refractivity (Wildman–Crippen MR) is 107 cm³/mol. The van der Waals surface area contributed by atoms with Gasteiger partial charge in [0.15, 0.2) is 0 Å².